The van der Waals surface area contributed by atoms with E-state index in [-0.39, 0.29) is 11.3 Å². The SMILES string of the molecule is Cn1ccnc1C(S)c1ccc(OC(=O)N2CCC(CSc3ncc[nH]3)CC2)cc1. The van der Waals surface area contributed by atoms with Crippen LogP contribution in [0.25, 0.3) is 0 Å². The van der Waals surface area contributed by atoms with Crippen molar-refractivity contribution in [2.75, 3.05) is 18.8 Å². The number of carbonyl (C=O) groups excluding carboxylic acids is 1. The minimum absolute atomic E-state index is 0.132. The topological polar surface area (TPSA) is 76.0 Å². The number of benzene rings is 1. The number of ether oxygens (including phenoxy) is 1. The summed E-state index contributed by atoms with van der Waals surface area (Å²) in [6.07, 6.45) is 8.93. The van der Waals surface area contributed by atoms with Gasteiger partial charge in [0.15, 0.2) is 5.16 Å². The molecule has 3 aromatic rings. The lowest BCUT2D eigenvalue weighted by molar-refractivity contribution is 0.134. The van der Waals surface area contributed by atoms with Crippen molar-refractivity contribution in [1.82, 2.24) is 24.4 Å². The Morgan fingerprint density at radius 2 is 2.03 bits per heavy atom. The number of hydrogen-bond donors (Lipinski definition) is 2. The zero-order chi connectivity index (χ0) is 20.9. The molecule has 1 atom stereocenters. The number of hydrogen-bond acceptors (Lipinski definition) is 6. The first-order chi connectivity index (χ1) is 14.6. The molecule has 9 heteroatoms. The van der Waals surface area contributed by atoms with Crippen LogP contribution in [0, 0.1) is 5.92 Å². The van der Waals surface area contributed by atoms with Crippen molar-refractivity contribution in [3.8, 4) is 5.75 Å². The third kappa shape index (κ3) is 5.02. The number of nitrogens with zero attached hydrogens (tertiary/aromatic N) is 4. The molecule has 1 unspecified atom stereocenters. The van der Waals surface area contributed by atoms with Gasteiger partial charge in [-0.15, -0.1) is 0 Å². The monoisotopic (exact) mass is 443 g/mol. The molecule has 1 saturated heterocycles. The van der Waals surface area contributed by atoms with Gasteiger partial charge in [0.05, 0.1) is 5.25 Å². The van der Waals surface area contributed by atoms with Crippen molar-refractivity contribution < 1.29 is 9.53 Å². The average Bonchev–Trinajstić information content (AvgIpc) is 3.44. The average molecular weight is 444 g/mol. The standard InChI is InChI=1S/C21H25N5O2S2/c1-25-13-10-22-19(25)18(29)16-2-4-17(5-3-16)28-21(27)26-11-6-15(7-12-26)14-30-20-23-8-9-24-20/h2-5,8-10,13,15,18,29H,6-7,11-12,14H2,1H3,(H,23,24). The lowest BCUT2D eigenvalue weighted by Crippen LogP contribution is -2.40. The molecule has 0 spiro atoms. The Kier molecular flexibility index (Phi) is 6.69. The van der Waals surface area contributed by atoms with Gasteiger partial charge in [-0.1, -0.05) is 23.9 Å². The van der Waals surface area contributed by atoms with Gasteiger partial charge in [0.2, 0.25) is 0 Å². The number of thioether (sulfide) groups is 1. The first kappa shape index (κ1) is 20.9. The van der Waals surface area contributed by atoms with Crippen LogP contribution in [0.15, 0.2) is 54.2 Å². The molecule has 0 bridgehead atoms. The van der Waals surface area contributed by atoms with Crippen molar-refractivity contribution in [3.05, 3.63) is 60.4 Å². The molecule has 0 saturated carbocycles. The highest BCUT2D eigenvalue weighted by atomic mass is 32.2. The smallest absolute Gasteiger partial charge is 0.410 e. The van der Waals surface area contributed by atoms with Crippen LogP contribution in [0.5, 0.6) is 5.75 Å². The fourth-order valence-corrected chi connectivity index (χ4v) is 4.92. The number of imidazole rings is 2. The van der Waals surface area contributed by atoms with E-state index in [1.54, 1.807) is 29.1 Å². The molecule has 7 nitrogen and oxygen atoms in total. The molecule has 30 heavy (non-hydrogen) atoms. The van der Waals surface area contributed by atoms with Crippen molar-refractivity contribution in [1.29, 1.82) is 0 Å². The van der Waals surface area contributed by atoms with Crippen molar-refractivity contribution in [3.63, 3.8) is 0 Å². The summed E-state index contributed by atoms with van der Waals surface area (Å²) < 4.78 is 7.52. The number of nitrogens with one attached hydrogen (secondary N) is 1. The van der Waals surface area contributed by atoms with Gasteiger partial charge in [-0.25, -0.2) is 14.8 Å². The minimum atomic E-state index is -0.286. The Morgan fingerprint density at radius 3 is 2.67 bits per heavy atom. The Morgan fingerprint density at radius 1 is 1.27 bits per heavy atom. The van der Waals surface area contributed by atoms with Crippen LogP contribution in [0.1, 0.15) is 29.5 Å². The summed E-state index contributed by atoms with van der Waals surface area (Å²) >= 11 is 6.41. The first-order valence-electron chi connectivity index (χ1n) is 9.94. The first-order valence-corrected chi connectivity index (χ1v) is 11.4. The van der Waals surface area contributed by atoms with Gasteiger partial charge in [-0.05, 0) is 36.5 Å². The maximum atomic E-state index is 12.5. The van der Waals surface area contributed by atoms with Crippen LogP contribution in [0.3, 0.4) is 0 Å². The van der Waals surface area contributed by atoms with E-state index >= 15 is 0 Å². The summed E-state index contributed by atoms with van der Waals surface area (Å²) in [4.78, 5) is 26.0. The highest BCUT2D eigenvalue weighted by Crippen LogP contribution is 2.29. The second-order valence-corrected chi connectivity index (χ2v) is 8.90. The largest absolute Gasteiger partial charge is 0.415 e. The van der Waals surface area contributed by atoms with E-state index in [2.05, 4.69) is 27.6 Å². The van der Waals surface area contributed by atoms with Gasteiger partial charge in [0.1, 0.15) is 11.6 Å². The Labute approximate surface area is 185 Å². The lowest BCUT2D eigenvalue weighted by atomic mass is 9.99. The molecule has 0 radical (unpaired) electrons. The second-order valence-electron chi connectivity index (χ2n) is 7.37. The zero-order valence-corrected chi connectivity index (χ0v) is 18.5. The molecule has 0 aliphatic carbocycles. The van der Waals surface area contributed by atoms with Gasteiger partial charge >= 0.3 is 6.09 Å². The van der Waals surface area contributed by atoms with E-state index < -0.39 is 0 Å². The van der Waals surface area contributed by atoms with Gasteiger partial charge in [-0.2, -0.15) is 12.6 Å². The van der Waals surface area contributed by atoms with Crippen molar-refractivity contribution >= 4 is 30.5 Å². The van der Waals surface area contributed by atoms with Crippen LogP contribution < -0.4 is 4.74 Å². The summed E-state index contributed by atoms with van der Waals surface area (Å²) in [7, 11) is 1.95. The quantitative estimate of drug-likeness (QED) is 0.442. The van der Waals surface area contributed by atoms with Gasteiger partial charge in [0, 0.05) is 50.7 Å². The molecule has 1 amide bonds. The molecule has 2 aromatic heterocycles. The Hall–Kier alpha value is -2.39. The molecular weight excluding hydrogens is 418 g/mol. The number of rotatable bonds is 6. The predicted molar refractivity (Wildman–Crippen MR) is 120 cm³/mol. The second kappa shape index (κ2) is 9.61. The molecular formula is C21H25N5O2S2. The molecule has 1 fully saturated rings. The Bertz CT molecular complexity index is 950. The van der Waals surface area contributed by atoms with E-state index in [9.17, 15) is 4.79 Å². The molecule has 1 aromatic carbocycles. The number of thiol groups is 1. The number of aryl methyl sites for hydroxylation is 1. The predicted octanol–water partition coefficient (Wildman–Crippen LogP) is 4.17. The van der Waals surface area contributed by atoms with Crippen LogP contribution in [-0.2, 0) is 7.05 Å². The number of piperidine rings is 1. The van der Waals surface area contributed by atoms with Crippen molar-refractivity contribution in [2.24, 2.45) is 13.0 Å². The van der Waals surface area contributed by atoms with Gasteiger partial charge in [-0.3, -0.25) is 0 Å². The normalized spacial score (nSPS) is 15.9. The fraction of sp³-hybridized carbons (Fsp3) is 0.381. The van der Waals surface area contributed by atoms with Crippen LogP contribution in [0.2, 0.25) is 0 Å². The molecule has 1 aliphatic heterocycles. The highest BCUT2D eigenvalue weighted by molar-refractivity contribution is 7.99. The highest BCUT2D eigenvalue weighted by Gasteiger charge is 2.24. The van der Waals surface area contributed by atoms with E-state index in [0.717, 1.165) is 48.2 Å². The maximum absolute atomic E-state index is 12.5. The number of aromatic amines is 1. The zero-order valence-electron chi connectivity index (χ0n) is 16.8. The molecule has 1 N–H and O–H groups in total. The third-order valence-electron chi connectivity index (χ3n) is 5.31. The van der Waals surface area contributed by atoms with Gasteiger partial charge < -0.3 is 19.2 Å². The summed E-state index contributed by atoms with van der Waals surface area (Å²) in [5.41, 5.74) is 1.00. The van der Waals surface area contributed by atoms with E-state index in [1.807, 2.05) is 48.3 Å². The summed E-state index contributed by atoms with van der Waals surface area (Å²) in [6.45, 7) is 1.44. The number of carbonyl (C=O) groups is 1. The molecule has 158 valence electrons. The molecule has 1 aliphatic rings. The Balaban J connectivity index is 1.25. The van der Waals surface area contributed by atoms with Crippen LogP contribution in [0.4, 0.5) is 4.79 Å². The van der Waals surface area contributed by atoms with Crippen LogP contribution >= 0.6 is 24.4 Å². The van der Waals surface area contributed by atoms with E-state index in [0.29, 0.717) is 11.7 Å². The lowest BCUT2D eigenvalue weighted by Gasteiger charge is -2.30. The molecule has 3 heterocycles. The minimum Gasteiger partial charge on any atom is -0.410 e. The van der Waals surface area contributed by atoms with Crippen LogP contribution in [-0.4, -0.2) is 49.4 Å². The number of aromatic nitrogens is 4. The summed E-state index contributed by atoms with van der Waals surface area (Å²) in [5.74, 6) is 3.01. The third-order valence-corrected chi connectivity index (χ3v) is 6.97. The van der Waals surface area contributed by atoms with Gasteiger partial charge in [0.25, 0.3) is 0 Å². The van der Waals surface area contributed by atoms with Crippen molar-refractivity contribution in [2.45, 2.75) is 23.2 Å². The van der Waals surface area contributed by atoms with E-state index in [1.165, 1.54) is 0 Å². The number of H-pyrrole nitrogens is 1. The number of likely N-dealkylation sites (tertiary alicyclic amines) is 1. The fourth-order valence-electron chi connectivity index (χ4n) is 3.48. The molecule has 4 rings (SSSR count). The summed E-state index contributed by atoms with van der Waals surface area (Å²) in [5, 5.41) is 0.819. The maximum Gasteiger partial charge on any atom is 0.415 e. The summed E-state index contributed by atoms with van der Waals surface area (Å²) in [6, 6.07) is 7.47. The van der Waals surface area contributed by atoms with E-state index in [4.69, 9.17) is 4.74 Å². The number of amides is 1.